The lowest BCUT2D eigenvalue weighted by atomic mass is 10.2. The Morgan fingerprint density at radius 1 is 1.33 bits per heavy atom. The molecule has 0 unspecified atom stereocenters. The number of hydrogen-bond acceptors (Lipinski definition) is 4. The van der Waals surface area contributed by atoms with E-state index in [9.17, 15) is 4.79 Å². The maximum atomic E-state index is 11.5. The number of aromatic amines is 1. The van der Waals surface area contributed by atoms with E-state index in [0.29, 0.717) is 0 Å². The van der Waals surface area contributed by atoms with Crippen LogP contribution in [0.15, 0.2) is 47.7 Å². The predicted molar refractivity (Wildman–Crippen MR) is 85.2 cm³/mol. The number of rotatable bonds is 5. The second-order valence-corrected chi connectivity index (χ2v) is 5.81. The Balaban J connectivity index is 1.67. The molecule has 2 heterocycles. The second kappa shape index (κ2) is 5.97. The summed E-state index contributed by atoms with van der Waals surface area (Å²) in [6.45, 7) is 2.87. The molecule has 1 aromatic carbocycles. The van der Waals surface area contributed by atoms with Gasteiger partial charge in [0.05, 0.1) is 17.2 Å². The zero-order valence-electron chi connectivity index (χ0n) is 11.7. The van der Waals surface area contributed by atoms with Gasteiger partial charge in [-0.2, -0.15) is 0 Å². The molecule has 0 spiro atoms. The lowest BCUT2D eigenvalue weighted by Gasteiger charge is -2.06. The van der Waals surface area contributed by atoms with Gasteiger partial charge in [0.1, 0.15) is 0 Å². The molecular weight excluding hydrogens is 284 g/mol. The topological polar surface area (TPSA) is 62.7 Å². The van der Waals surface area contributed by atoms with Crippen molar-refractivity contribution >= 4 is 17.0 Å². The quantitative estimate of drug-likeness (QED) is 0.761. The third-order valence-corrected chi connectivity index (χ3v) is 4.31. The number of hydrogen-bond donors (Lipinski definition) is 2. The molecule has 0 radical (unpaired) electrons. The molecule has 2 N–H and O–H groups in total. The molecule has 0 aliphatic rings. The fourth-order valence-electron chi connectivity index (χ4n) is 2.05. The van der Waals surface area contributed by atoms with E-state index in [0.717, 1.165) is 29.3 Å². The van der Waals surface area contributed by atoms with Crippen molar-refractivity contribution in [2.24, 2.45) is 0 Å². The lowest BCUT2D eigenvalue weighted by molar-refractivity contribution is 0.987. The van der Waals surface area contributed by atoms with E-state index in [1.54, 1.807) is 28.3 Å². The molecule has 0 aliphatic carbocycles. The molecule has 5 nitrogen and oxygen atoms in total. The van der Waals surface area contributed by atoms with Crippen molar-refractivity contribution < 1.29 is 0 Å². The number of imidazole rings is 1. The zero-order chi connectivity index (χ0) is 14.7. The molecular formula is C15H16N4OS. The van der Waals surface area contributed by atoms with Crippen molar-refractivity contribution in [1.82, 2.24) is 14.5 Å². The van der Waals surface area contributed by atoms with E-state index < -0.39 is 0 Å². The van der Waals surface area contributed by atoms with E-state index in [1.807, 2.05) is 30.5 Å². The molecule has 6 heteroatoms. The van der Waals surface area contributed by atoms with E-state index in [1.165, 1.54) is 4.88 Å². The number of thiazole rings is 1. The Bertz CT molecular complexity index is 769. The molecule has 0 amide bonds. The van der Waals surface area contributed by atoms with Gasteiger partial charge in [0.2, 0.25) is 0 Å². The number of nitrogens with one attached hydrogen (secondary N) is 2. The summed E-state index contributed by atoms with van der Waals surface area (Å²) in [6, 6.07) is 7.77. The Labute approximate surface area is 126 Å². The SMILES string of the molecule is CCc1ncc(CNc2ccc(-n3cc[nH]c3=O)cc2)s1. The summed E-state index contributed by atoms with van der Waals surface area (Å²) in [6.07, 6.45) is 6.24. The van der Waals surface area contributed by atoms with E-state index in [2.05, 4.69) is 22.2 Å². The van der Waals surface area contributed by atoms with Crippen LogP contribution in [0.2, 0.25) is 0 Å². The first-order valence-electron chi connectivity index (χ1n) is 6.80. The second-order valence-electron chi connectivity index (χ2n) is 4.61. The maximum Gasteiger partial charge on any atom is 0.330 e. The molecule has 3 rings (SSSR count). The van der Waals surface area contributed by atoms with Crippen molar-refractivity contribution in [3.05, 3.63) is 63.2 Å². The van der Waals surface area contributed by atoms with Crippen LogP contribution >= 0.6 is 11.3 Å². The normalized spacial score (nSPS) is 10.7. The lowest BCUT2D eigenvalue weighted by Crippen LogP contribution is -2.13. The monoisotopic (exact) mass is 300 g/mol. The van der Waals surface area contributed by atoms with Crippen LogP contribution < -0.4 is 11.0 Å². The van der Waals surface area contributed by atoms with Crippen LogP contribution in [-0.2, 0) is 13.0 Å². The third-order valence-electron chi connectivity index (χ3n) is 3.17. The van der Waals surface area contributed by atoms with E-state index in [4.69, 9.17) is 0 Å². The molecule has 3 aromatic rings. The fourth-order valence-corrected chi connectivity index (χ4v) is 2.85. The highest BCUT2D eigenvalue weighted by molar-refractivity contribution is 7.11. The zero-order valence-corrected chi connectivity index (χ0v) is 12.5. The van der Waals surface area contributed by atoms with Gasteiger partial charge in [0, 0.05) is 29.2 Å². The average molecular weight is 300 g/mol. The summed E-state index contributed by atoms with van der Waals surface area (Å²) in [5.74, 6) is 0. The van der Waals surface area contributed by atoms with E-state index >= 15 is 0 Å². The van der Waals surface area contributed by atoms with Gasteiger partial charge in [0.25, 0.3) is 0 Å². The highest BCUT2D eigenvalue weighted by Gasteiger charge is 2.02. The minimum absolute atomic E-state index is 0.132. The van der Waals surface area contributed by atoms with Gasteiger partial charge in [-0.25, -0.2) is 9.78 Å². The van der Waals surface area contributed by atoms with Crippen molar-refractivity contribution in [1.29, 1.82) is 0 Å². The summed E-state index contributed by atoms with van der Waals surface area (Å²) in [7, 11) is 0. The summed E-state index contributed by atoms with van der Waals surface area (Å²) < 4.78 is 1.57. The molecule has 0 saturated heterocycles. The molecule has 108 valence electrons. The summed E-state index contributed by atoms with van der Waals surface area (Å²) in [5.41, 5.74) is 1.74. The highest BCUT2D eigenvalue weighted by Crippen LogP contribution is 2.17. The van der Waals surface area contributed by atoms with Gasteiger partial charge in [-0.1, -0.05) is 6.92 Å². The van der Waals surface area contributed by atoms with Crippen LogP contribution in [0.3, 0.4) is 0 Å². The first-order valence-corrected chi connectivity index (χ1v) is 7.62. The minimum Gasteiger partial charge on any atom is -0.380 e. The summed E-state index contributed by atoms with van der Waals surface area (Å²) in [5, 5.41) is 4.52. The first kappa shape index (κ1) is 13.6. The molecule has 0 aliphatic heterocycles. The largest absolute Gasteiger partial charge is 0.380 e. The van der Waals surface area contributed by atoms with Gasteiger partial charge in [-0.15, -0.1) is 11.3 Å². The predicted octanol–water partition coefficient (Wildman–Crippen LogP) is 2.80. The number of anilines is 1. The van der Waals surface area contributed by atoms with Crippen molar-refractivity contribution in [2.75, 3.05) is 5.32 Å². The molecule has 0 saturated carbocycles. The van der Waals surface area contributed by atoms with Crippen molar-refractivity contribution in [3.63, 3.8) is 0 Å². The van der Waals surface area contributed by atoms with Crippen LogP contribution in [0.4, 0.5) is 5.69 Å². The number of aryl methyl sites for hydroxylation is 1. The van der Waals surface area contributed by atoms with Gasteiger partial charge in [0.15, 0.2) is 0 Å². The number of benzene rings is 1. The third kappa shape index (κ3) is 3.05. The molecule has 0 atom stereocenters. The van der Waals surface area contributed by atoms with E-state index in [-0.39, 0.29) is 5.69 Å². The summed E-state index contributed by atoms with van der Waals surface area (Å²) >= 11 is 1.73. The first-order chi connectivity index (χ1) is 10.3. The van der Waals surface area contributed by atoms with Gasteiger partial charge in [-0.05, 0) is 30.7 Å². The number of aromatic nitrogens is 3. The van der Waals surface area contributed by atoms with Gasteiger partial charge in [-0.3, -0.25) is 4.57 Å². The number of H-pyrrole nitrogens is 1. The molecule has 0 bridgehead atoms. The smallest absolute Gasteiger partial charge is 0.330 e. The van der Waals surface area contributed by atoms with Gasteiger partial charge >= 0.3 is 5.69 Å². The Hall–Kier alpha value is -2.34. The van der Waals surface area contributed by atoms with Crippen molar-refractivity contribution in [2.45, 2.75) is 19.9 Å². The molecule has 2 aromatic heterocycles. The Morgan fingerprint density at radius 2 is 2.14 bits per heavy atom. The highest BCUT2D eigenvalue weighted by atomic mass is 32.1. The fraction of sp³-hybridized carbons (Fsp3) is 0.200. The van der Waals surface area contributed by atoms with Crippen LogP contribution in [0, 0.1) is 0 Å². The van der Waals surface area contributed by atoms with Crippen LogP contribution in [0.25, 0.3) is 5.69 Å². The van der Waals surface area contributed by atoms with Crippen LogP contribution in [0.1, 0.15) is 16.8 Å². The maximum absolute atomic E-state index is 11.5. The Kier molecular flexibility index (Phi) is 3.87. The van der Waals surface area contributed by atoms with Crippen molar-refractivity contribution in [3.8, 4) is 5.69 Å². The molecule has 0 fully saturated rings. The minimum atomic E-state index is -0.132. The number of nitrogens with zero attached hydrogens (tertiary/aromatic N) is 2. The molecule has 21 heavy (non-hydrogen) atoms. The average Bonchev–Trinajstić information content (AvgIpc) is 3.14. The van der Waals surface area contributed by atoms with Gasteiger partial charge < -0.3 is 10.3 Å². The van der Waals surface area contributed by atoms with Crippen LogP contribution in [-0.4, -0.2) is 14.5 Å². The van der Waals surface area contributed by atoms with Crippen LogP contribution in [0.5, 0.6) is 0 Å². The Morgan fingerprint density at radius 3 is 2.76 bits per heavy atom. The standard InChI is InChI=1S/C15H16N4OS/c1-2-14-18-10-13(21-14)9-17-11-3-5-12(6-4-11)19-8-7-16-15(19)20/h3-8,10,17H,2,9H2,1H3,(H,16,20). The summed E-state index contributed by atoms with van der Waals surface area (Å²) in [4.78, 5) is 19.7.